The molecule has 0 N–H and O–H groups in total. The van der Waals surface area contributed by atoms with Crippen molar-refractivity contribution in [1.82, 2.24) is 4.57 Å². The zero-order chi connectivity index (χ0) is 19.3. The predicted octanol–water partition coefficient (Wildman–Crippen LogP) is 4.20. The van der Waals surface area contributed by atoms with Gasteiger partial charge in [0.15, 0.2) is 6.54 Å². The van der Waals surface area contributed by atoms with Crippen LogP contribution in [0.2, 0.25) is 0 Å². The van der Waals surface area contributed by atoms with E-state index in [9.17, 15) is 4.79 Å². The number of hydrogen-bond donors (Lipinski definition) is 0. The normalized spacial score (nSPS) is 17.3. The van der Waals surface area contributed by atoms with Crippen molar-refractivity contribution in [1.29, 1.82) is 0 Å². The van der Waals surface area contributed by atoms with Crippen LogP contribution < -0.4 is 9.30 Å². The molecule has 0 saturated heterocycles. The van der Waals surface area contributed by atoms with E-state index < -0.39 is 0 Å². The second-order valence-corrected chi connectivity index (χ2v) is 8.54. The van der Waals surface area contributed by atoms with Gasteiger partial charge in [-0.2, -0.15) is 0 Å². The quantitative estimate of drug-likeness (QED) is 0.452. The van der Waals surface area contributed by atoms with Gasteiger partial charge in [0.1, 0.15) is 24.2 Å². The number of ketones is 1. The van der Waals surface area contributed by atoms with Crippen LogP contribution in [0, 0.1) is 6.92 Å². The Morgan fingerprint density at radius 1 is 1.21 bits per heavy atom. The minimum absolute atomic E-state index is 0.122. The fraction of sp³-hybridized carbons (Fsp3) is 0.304. The SMILES string of the molecule is Cc1n(C2CCc3cc4c(cc32)OCC4)cc[n+]1CC(=O)c1ccc(Br)cc1. The lowest BCUT2D eigenvalue weighted by atomic mass is 10.0. The molecule has 28 heavy (non-hydrogen) atoms. The monoisotopic (exact) mass is 437 g/mol. The number of carbonyl (C=O) groups is 1. The highest BCUT2D eigenvalue weighted by Gasteiger charge is 2.32. The number of Topliss-reactive ketones (excluding diaryl/α,β-unsaturated/α-hetero) is 1. The molecule has 1 aliphatic carbocycles. The van der Waals surface area contributed by atoms with Crippen molar-refractivity contribution >= 4 is 21.7 Å². The van der Waals surface area contributed by atoms with Gasteiger partial charge in [0.25, 0.3) is 5.82 Å². The van der Waals surface area contributed by atoms with Crippen LogP contribution >= 0.6 is 15.9 Å². The highest BCUT2D eigenvalue weighted by Crippen LogP contribution is 2.40. The van der Waals surface area contributed by atoms with E-state index in [1.54, 1.807) is 0 Å². The minimum atomic E-state index is 0.122. The number of benzene rings is 2. The summed E-state index contributed by atoms with van der Waals surface area (Å²) in [4.78, 5) is 12.7. The van der Waals surface area contributed by atoms with Gasteiger partial charge in [-0.05, 0) is 42.2 Å². The van der Waals surface area contributed by atoms with Gasteiger partial charge >= 0.3 is 0 Å². The summed E-state index contributed by atoms with van der Waals surface area (Å²) >= 11 is 3.42. The van der Waals surface area contributed by atoms with Gasteiger partial charge in [0.05, 0.1) is 6.61 Å². The van der Waals surface area contributed by atoms with Crippen LogP contribution in [0.15, 0.2) is 53.3 Å². The van der Waals surface area contributed by atoms with E-state index in [-0.39, 0.29) is 5.78 Å². The minimum Gasteiger partial charge on any atom is -0.493 e. The van der Waals surface area contributed by atoms with Crippen molar-refractivity contribution < 1.29 is 14.1 Å². The molecule has 142 valence electrons. The summed E-state index contributed by atoms with van der Waals surface area (Å²) in [5.41, 5.74) is 4.89. The summed E-state index contributed by atoms with van der Waals surface area (Å²) in [6.07, 6.45) is 7.34. The van der Waals surface area contributed by atoms with E-state index in [1.165, 1.54) is 16.7 Å². The Kier molecular flexibility index (Phi) is 4.35. The number of ether oxygens (including phenoxy) is 1. The molecule has 4 nitrogen and oxygen atoms in total. The third-order valence-electron chi connectivity index (χ3n) is 6.01. The molecule has 5 rings (SSSR count). The Bertz CT molecular complexity index is 1070. The molecule has 1 aliphatic heterocycles. The maximum Gasteiger partial charge on any atom is 0.254 e. The number of carbonyl (C=O) groups excluding carboxylic acids is 1. The van der Waals surface area contributed by atoms with Crippen LogP contribution in [0.1, 0.15) is 45.3 Å². The number of fused-ring (bicyclic) bond motifs is 2. The third-order valence-corrected chi connectivity index (χ3v) is 6.54. The fourth-order valence-corrected chi connectivity index (χ4v) is 4.71. The summed E-state index contributed by atoms with van der Waals surface area (Å²) in [6, 6.07) is 12.4. The second-order valence-electron chi connectivity index (χ2n) is 7.62. The van der Waals surface area contributed by atoms with Gasteiger partial charge in [-0.1, -0.05) is 34.1 Å². The van der Waals surface area contributed by atoms with Gasteiger partial charge < -0.3 is 4.74 Å². The standard InChI is InChI=1S/C23H22BrN2O2/c1-15-25(14-22(27)16-2-5-19(24)6-3-16)9-10-26(15)21-7-4-17-12-18-8-11-28-23(18)13-20(17)21/h2-3,5-6,9-10,12-13,21H,4,7-8,11,14H2,1H3/q+1. The molecule has 0 amide bonds. The van der Waals surface area contributed by atoms with Crippen LogP contribution in [0.4, 0.5) is 0 Å². The maximum absolute atomic E-state index is 12.7. The first kappa shape index (κ1) is 17.7. The number of aromatic nitrogens is 2. The molecule has 0 spiro atoms. The largest absolute Gasteiger partial charge is 0.493 e. The van der Waals surface area contributed by atoms with Gasteiger partial charge in [0.2, 0.25) is 5.78 Å². The molecular weight excluding hydrogens is 416 g/mol. The average molecular weight is 438 g/mol. The highest BCUT2D eigenvalue weighted by molar-refractivity contribution is 9.10. The molecule has 5 heteroatoms. The lowest BCUT2D eigenvalue weighted by molar-refractivity contribution is -0.688. The Balaban J connectivity index is 1.41. The predicted molar refractivity (Wildman–Crippen MR) is 110 cm³/mol. The van der Waals surface area contributed by atoms with E-state index in [0.717, 1.165) is 47.5 Å². The summed E-state index contributed by atoms with van der Waals surface area (Å²) in [5, 5.41) is 0. The molecule has 1 aromatic heterocycles. The van der Waals surface area contributed by atoms with Crippen LogP contribution in [-0.4, -0.2) is 17.0 Å². The van der Waals surface area contributed by atoms with Gasteiger partial charge in [-0.3, -0.25) is 4.79 Å². The van der Waals surface area contributed by atoms with Crippen LogP contribution in [0.3, 0.4) is 0 Å². The third kappa shape index (κ3) is 2.98. The molecule has 3 aromatic rings. The van der Waals surface area contributed by atoms with Gasteiger partial charge in [-0.15, -0.1) is 0 Å². The van der Waals surface area contributed by atoms with Gasteiger partial charge in [0, 0.05) is 28.9 Å². The van der Waals surface area contributed by atoms with Crippen LogP contribution in [0.25, 0.3) is 0 Å². The van der Waals surface area contributed by atoms with Crippen molar-refractivity contribution in [3.8, 4) is 5.75 Å². The summed E-state index contributed by atoms with van der Waals surface area (Å²) in [6.45, 7) is 3.24. The van der Waals surface area contributed by atoms with Crippen LogP contribution in [0.5, 0.6) is 5.75 Å². The topological polar surface area (TPSA) is 35.1 Å². The van der Waals surface area contributed by atoms with E-state index in [1.807, 2.05) is 35.0 Å². The number of halogens is 1. The first-order valence-electron chi connectivity index (χ1n) is 9.74. The van der Waals surface area contributed by atoms with E-state index in [2.05, 4.69) is 45.8 Å². The lowest BCUT2D eigenvalue weighted by Gasteiger charge is -2.11. The maximum atomic E-state index is 12.7. The van der Waals surface area contributed by atoms with E-state index >= 15 is 0 Å². The molecule has 2 aliphatic rings. The first-order valence-corrected chi connectivity index (χ1v) is 10.5. The Hall–Kier alpha value is -2.40. The molecule has 2 aromatic carbocycles. The number of nitrogens with zero attached hydrogens (tertiary/aromatic N) is 2. The lowest BCUT2D eigenvalue weighted by Crippen LogP contribution is -2.39. The number of hydrogen-bond acceptors (Lipinski definition) is 2. The molecule has 0 bridgehead atoms. The fourth-order valence-electron chi connectivity index (χ4n) is 4.45. The van der Waals surface area contributed by atoms with Crippen molar-refractivity contribution in [3.63, 3.8) is 0 Å². The van der Waals surface area contributed by atoms with Crippen molar-refractivity contribution in [2.45, 2.75) is 38.8 Å². The molecular formula is C23H22BrN2O2+. The highest BCUT2D eigenvalue weighted by atomic mass is 79.9. The van der Waals surface area contributed by atoms with Crippen molar-refractivity contribution in [2.75, 3.05) is 6.61 Å². The van der Waals surface area contributed by atoms with E-state index in [4.69, 9.17) is 4.74 Å². The Morgan fingerprint density at radius 2 is 2.04 bits per heavy atom. The molecule has 0 radical (unpaired) electrons. The average Bonchev–Trinajstić information content (AvgIpc) is 3.40. The smallest absolute Gasteiger partial charge is 0.254 e. The molecule has 1 unspecified atom stereocenters. The number of imidazole rings is 1. The molecule has 1 atom stereocenters. The second kappa shape index (κ2) is 6.89. The zero-order valence-corrected chi connectivity index (χ0v) is 17.4. The van der Waals surface area contributed by atoms with Crippen molar-refractivity contribution in [2.24, 2.45) is 0 Å². The Labute approximate surface area is 172 Å². The Morgan fingerprint density at radius 3 is 2.86 bits per heavy atom. The number of rotatable bonds is 4. The van der Waals surface area contributed by atoms with Crippen molar-refractivity contribution in [3.05, 3.63) is 81.3 Å². The molecule has 0 fully saturated rings. The molecule has 2 heterocycles. The summed E-state index contributed by atoms with van der Waals surface area (Å²) < 4.78 is 11.1. The van der Waals surface area contributed by atoms with Crippen LogP contribution in [-0.2, 0) is 19.4 Å². The number of aryl methyl sites for hydroxylation is 1. The molecule has 0 saturated carbocycles. The van der Waals surface area contributed by atoms with E-state index in [0.29, 0.717) is 12.6 Å². The summed E-state index contributed by atoms with van der Waals surface area (Å²) in [5.74, 6) is 2.27. The first-order chi connectivity index (χ1) is 13.6. The zero-order valence-electron chi connectivity index (χ0n) is 15.8. The van der Waals surface area contributed by atoms with Gasteiger partial charge in [-0.25, -0.2) is 9.13 Å². The summed E-state index contributed by atoms with van der Waals surface area (Å²) in [7, 11) is 0.